The summed E-state index contributed by atoms with van der Waals surface area (Å²) in [7, 11) is 0. The second-order valence-electron chi connectivity index (χ2n) is 2.75. The molecule has 0 saturated carbocycles. The average molecular weight is 260 g/mol. The molecule has 1 unspecified atom stereocenters. The zero-order valence-corrected chi connectivity index (χ0v) is 9.17. The fraction of sp³-hybridized carbons (Fsp3) is 0.375. The Labute approximate surface area is 89.0 Å². The Morgan fingerprint density at radius 3 is 2.93 bits per heavy atom. The number of rotatable bonds is 3. The van der Waals surface area contributed by atoms with Crippen molar-refractivity contribution in [2.24, 2.45) is 0 Å². The van der Waals surface area contributed by atoms with Crippen molar-refractivity contribution in [3.8, 4) is 0 Å². The summed E-state index contributed by atoms with van der Waals surface area (Å²) in [6, 6.07) is 2.93. The van der Waals surface area contributed by atoms with Crippen LogP contribution in [0.25, 0.3) is 0 Å². The highest BCUT2D eigenvalue weighted by atomic mass is 79.9. The fourth-order valence-electron chi connectivity index (χ4n) is 0.790. The molecule has 0 radical (unpaired) electrons. The highest BCUT2D eigenvalue weighted by Crippen LogP contribution is 1.97. The molecule has 0 aliphatic heterocycles. The van der Waals surface area contributed by atoms with Gasteiger partial charge in [0.25, 0.3) is 5.56 Å². The number of aromatic amines is 1. The molecule has 0 spiro atoms. The van der Waals surface area contributed by atoms with Crippen molar-refractivity contribution in [1.29, 1.82) is 0 Å². The largest absolute Gasteiger partial charge is 0.349 e. The van der Waals surface area contributed by atoms with Gasteiger partial charge in [-0.1, -0.05) is 15.9 Å². The summed E-state index contributed by atoms with van der Waals surface area (Å²) in [5.74, 6) is -0.113. The smallest absolute Gasteiger partial charge is 0.264 e. The number of nitrogens with zero attached hydrogens (tertiary/aromatic N) is 1. The van der Waals surface area contributed by atoms with E-state index in [-0.39, 0.29) is 16.3 Å². The summed E-state index contributed by atoms with van der Waals surface area (Å²) in [6.45, 7) is 2.04. The number of aromatic nitrogens is 2. The van der Waals surface area contributed by atoms with Crippen molar-refractivity contribution in [3.63, 3.8) is 0 Å². The molecule has 0 saturated heterocycles. The molecule has 2 N–H and O–H groups in total. The molecule has 1 atom stereocenters. The number of carbonyl (C=O) groups excluding carboxylic acids is 1. The highest BCUT2D eigenvalue weighted by Gasteiger charge is 2.07. The van der Waals surface area contributed by atoms with Crippen molar-refractivity contribution < 1.29 is 4.79 Å². The van der Waals surface area contributed by atoms with Crippen LogP contribution >= 0.6 is 15.9 Å². The number of hydrogen-bond acceptors (Lipinski definition) is 3. The van der Waals surface area contributed by atoms with Gasteiger partial charge in [0, 0.05) is 6.07 Å². The molecule has 1 heterocycles. The molecule has 0 aromatic carbocycles. The lowest BCUT2D eigenvalue weighted by atomic mass is 10.3. The Bertz CT molecular complexity index is 355. The zero-order valence-electron chi connectivity index (χ0n) is 7.58. The van der Waals surface area contributed by atoms with Crippen molar-refractivity contribution in [2.45, 2.75) is 18.3 Å². The molecular weight excluding hydrogens is 250 g/mol. The van der Waals surface area contributed by atoms with Gasteiger partial charge in [-0.15, -0.1) is 0 Å². The van der Waals surface area contributed by atoms with E-state index in [0.29, 0.717) is 12.2 Å². The second kappa shape index (κ2) is 4.90. The van der Waals surface area contributed by atoms with Crippen LogP contribution in [0.15, 0.2) is 16.9 Å². The maximum absolute atomic E-state index is 11.1. The summed E-state index contributed by atoms with van der Waals surface area (Å²) in [4.78, 5) is 21.5. The highest BCUT2D eigenvalue weighted by molar-refractivity contribution is 9.10. The van der Waals surface area contributed by atoms with E-state index in [0.717, 1.165) is 0 Å². The van der Waals surface area contributed by atoms with Gasteiger partial charge >= 0.3 is 0 Å². The first kappa shape index (κ1) is 10.9. The summed E-state index contributed by atoms with van der Waals surface area (Å²) in [6.07, 6.45) is 0. The topological polar surface area (TPSA) is 74.8 Å². The third-order valence-electron chi connectivity index (χ3n) is 1.54. The number of amides is 1. The minimum Gasteiger partial charge on any atom is -0.349 e. The van der Waals surface area contributed by atoms with Crippen molar-refractivity contribution in [3.05, 3.63) is 28.2 Å². The lowest BCUT2D eigenvalue weighted by Gasteiger charge is -2.04. The SMILES string of the molecule is CC(Br)C(=O)NCc1ccc(=O)[nH]n1. The van der Waals surface area contributed by atoms with Crippen molar-refractivity contribution in [1.82, 2.24) is 15.5 Å². The zero-order chi connectivity index (χ0) is 10.6. The minimum atomic E-state index is -0.256. The molecule has 0 fully saturated rings. The molecule has 1 rings (SSSR count). The molecular formula is C8H10BrN3O2. The Balaban J connectivity index is 2.50. The quantitative estimate of drug-likeness (QED) is 0.761. The monoisotopic (exact) mass is 259 g/mol. The van der Waals surface area contributed by atoms with E-state index in [1.165, 1.54) is 6.07 Å². The van der Waals surface area contributed by atoms with Crippen LogP contribution in [0, 0.1) is 0 Å². The van der Waals surface area contributed by atoms with E-state index in [9.17, 15) is 9.59 Å². The van der Waals surface area contributed by atoms with Crippen LogP contribution in [0.3, 0.4) is 0 Å². The summed E-state index contributed by atoms with van der Waals surface area (Å²) in [5.41, 5.74) is 0.361. The first-order chi connectivity index (χ1) is 6.59. The van der Waals surface area contributed by atoms with E-state index in [4.69, 9.17) is 0 Å². The number of hydrogen-bond donors (Lipinski definition) is 2. The Morgan fingerprint density at radius 1 is 1.71 bits per heavy atom. The first-order valence-electron chi connectivity index (χ1n) is 4.06. The fourth-order valence-corrected chi connectivity index (χ4v) is 0.952. The lowest BCUT2D eigenvalue weighted by Crippen LogP contribution is -2.29. The van der Waals surface area contributed by atoms with Crippen LogP contribution in [0.2, 0.25) is 0 Å². The van der Waals surface area contributed by atoms with E-state index >= 15 is 0 Å². The Hall–Kier alpha value is -1.17. The number of H-pyrrole nitrogens is 1. The molecule has 0 aliphatic carbocycles. The van der Waals surface area contributed by atoms with Crippen molar-refractivity contribution >= 4 is 21.8 Å². The van der Waals surface area contributed by atoms with Crippen LogP contribution in [0.5, 0.6) is 0 Å². The van der Waals surface area contributed by atoms with E-state index in [2.05, 4.69) is 31.4 Å². The summed E-state index contributed by atoms with van der Waals surface area (Å²) in [5, 5.41) is 8.67. The maximum atomic E-state index is 11.1. The van der Waals surface area contributed by atoms with Gasteiger partial charge in [-0.25, -0.2) is 5.10 Å². The third kappa shape index (κ3) is 3.29. The van der Waals surface area contributed by atoms with Gasteiger partial charge in [0.05, 0.1) is 17.1 Å². The normalized spacial score (nSPS) is 12.1. The van der Waals surface area contributed by atoms with Gasteiger partial charge in [0.15, 0.2) is 0 Å². The minimum absolute atomic E-state index is 0.113. The molecule has 76 valence electrons. The van der Waals surface area contributed by atoms with Gasteiger partial charge in [-0.05, 0) is 13.0 Å². The predicted molar refractivity (Wildman–Crippen MR) is 55.1 cm³/mol. The van der Waals surface area contributed by atoms with Crippen molar-refractivity contribution in [2.75, 3.05) is 0 Å². The molecule has 0 bridgehead atoms. The maximum Gasteiger partial charge on any atom is 0.264 e. The van der Waals surface area contributed by atoms with Crippen LogP contribution < -0.4 is 10.9 Å². The predicted octanol–water partition coefficient (Wildman–Crippen LogP) is 0.169. The van der Waals surface area contributed by atoms with E-state index in [1.807, 2.05) is 0 Å². The van der Waals surface area contributed by atoms with Crippen LogP contribution in [0.1, 0.15) is 12.6 Å². The lowest BCUT2D eigenvalue weighted by molar-refractivity contribution is -0.120. The molecule has 5 nitrogen and oxygen atoms in total. The molecule has 1 amide bonds. The summed E-state index contributed by atoms with van der Waals surface area (Å²) >= 11 is 3.13. The van der Waals surface area contributed by atoms with Gasteiger partial charge < -0.3 is 5.32 Å². The average Bonchev–Trinajstić information content (AvgIpc) is 2.16. The molecule has 0 aliphatic rings. The van der Waals surface area contributed by atoms with Crippen LogP contribution in [0.4, 0.5) is 0 Å². The van der Waals surface area contributed by atoms with Gasteiger partial charge in [-0.2, -0.15) is 5.10 Å². The Kier molecular flexibility index (Phi) is 3.82. The van der Waals surface area contributed by atoms with Crippen LogP contribution in [-0.4, -0.2) is 20.9 Å². The molecule has 14 heavy (non-hydrogen) atoms. The van der Waals surface area contributed by atoms with Gasteiger partial charge in [0.1, 0.15) is 0 Å². The second-order valence-corrected chi connectivity index (χ2v) is 4.12. The summed E-state index contributed by atoms with van der Waals surface area (Å²) < 4.78 is 0. The number of halogens is 1. The Morgan fingerprint density at radius 2 is 2.43 bits per heavy atom. The number of carbonyl (C=O) groups is 1. The number of alkyl halides is 1. The standard InChI is InChI=1S/C8H10BrN3O2/c1-5(9)8(14)10-4-6-2-3-7(13)12-11-6/h2-3,5H,4H2,1H3,(H,10,14)(H,12,13). The molecule has 6 heteroatoms. The molecule has 1 aromatic rings. The van der Waals surface area contributed by atoms with Gasteiger partial charge in [-0.3, -0.25) is 9.59 Å². The van der Waals surface area contributed by atoms with Gasteiger partial charge in [0.2, 0.25) is 5.91 Å². The molecule has 1 aromatic heterocycles. The van der Waals surface area contributed by atoms with E-state index in [1.54, 1.807) is 13.0 Å². The van der Waals surface area contributed by atoms with E-state index < -0.39 is 0 Å². The number of nitrogens with one attached hydrogen (secondary N) is 2. The van der Waals surface area contributed by atoms with Crippen LogP contribution in [-0.2, 0) is 11.3 Å². The third-order valence-corrected chi connectivity index (χ3v) is 1.96. The first-order valence-corrected chi connectivity index (χ1v) is 4.97.